The molecule has 0 saturated heterocycles. The number of fused-ring (bicyclic) bond motifs is 1. The molecule has 66 valence electrons. The zero-order chi connectivity index (χ0) is 8.55. The average Bonchev–Trinajstić information content (AvgIpc) is 2.40. The fourth-order valence-electron chi connectivity index (χ4n) is 1.68. The number of aryl methyl sites for hydroxylation is 1. The summed E-state index contributed by atoms with van der Waals surface area (Å²) in [5, 5.41) is 13.4. The number of halogens is 1. The highest BCUT2D eigenvalue weighted by Gasteiger charge is 2.17. The Morgan fingerprint density at radius 1 is 1.50 bits per heavy atom. The Morgan fingerprint density at radius 2 is 2.33 bits per heavy atom. The van der Waals surface area contributed by atoms with Gasteiger partial charge in [0.1, 0.15) is 4.60 Å². The third kappa shape index (κ3) is 1.19. The summed E-state index contributed by atoms with van der Waals surface area (Å²) in [6.45, 7) is 1.09. The smallest absolute Gasteiger partial charge is 0.133 e. The average molecular weight is 231 g/mol. The van der Waals surface area contributed by atoms with Crippen LogP contribution in [0.15, 0.2) is 4.60 Å². The zero-order valence-corrected chi connectivity index (χ0v) is 8.34. The molecule has 3 nitrogen and oxygen atoms in total. The number of nitrogens with zero attached hydrogens (tertiary/aromatic N) is 2. The Bertz CT molecular complexity index is 295. The molecule has 2 rings (SSSR count). The maximum atomic E-state index is 9.08. The van der Waals surface area contributed by atoms with Crippen LogP contribution in [0.2, 0.25) is 0 Å². The quantitative estimate of drug-likeness (QED) is 0.794. The monoisotopic (exact) mass is 230 g/mol. The molecule has 0 unspecified atom stereocenters. The van der Waals surface area contributed by atoms with Gasteiger partial charge in [0, 0.05) is 17.8 Å². The summed E-state index contributed by atoms with van der Waals surface area (Å²) >= 11 is 3.35. The van der Waals surface area contributed by atoms with Crippen LogP contribution in [0.1, 0.15) is 24.1 Å². The molecule has 1 aliphatic rings. The fraction of sp³-hybridized carbons (Fsp3) is 0.625. The van der Waals surface area contributed by atoms with E-state index in [9.17, 15) is 0 Å². The summed E-state index contributed by atoms with van der Waals surface area (Å²) in [5.74, 6) is 0. The Balaban J connectivity index is 2.46. The second kappa shape index (κ2) is 3.18. The number of hydrogen-bond donors (Lipinski definition) is 1. The molecule has 0 spiro atoms. The van der Waals surface area contributed by atoms with Crippen molar-refractivity contribution in [1.82, 2.24) is 9.78 Å². The van der Waals surface area contributed by atoms with Gasteiger partial charge in [-0.15, -0.1) is 0 Å². The van der Waals surface area contributed by atoms with E-state index in [-0.39, 0.29) is 6.61 Å². The van der Waals surface area contributed by atoms with E-state index in [1.165, 1.54) is 18.5 Å². The molecule has 0 radical (unpaired) electrons. The topological polar surface area (TPSA) is 38.1 Å². The number of rotatable bonds is 1. The second-order valence-corrected chi connectivity index (χ2v) is 3.81. The molecule has 0 saturated carbocycles. The molecule has 1 N–H and O–H groups in total. The lowest BCUT2D eigenvalue weighted by Gasteiger charge is -2.13. The highest BCUT2D eigenvalue weighted by Crippen LogP contribution is 2.24. The lowest BCUT2D eigenvalue weighted by Crippen LogP contribution is -2.11. The van der Waals surface area contributed by atoms with Gasteiger partial charge in [-0.25, -0.2) is 0 Å². The van der Waals surface area contributed by atoms with Crippen molar-refractivity contribution in [2.24, 2.45) is 0 Å². The minimum atomic E-state index is 0.0932. The summed E-state index contributed by atoms with van der Waals surface area (Å²) in [5.41, 5.74) is 2.17. The van der Waals surface area contributed by atoms with Crippen molar-refractivity contribution >= 4 is 15.9 Å². The van der Waals surface area contributed by atoms with Crippen molar-refractivity contribution in [3.63, 3.8) is 0 Å². The standard InChI is InChI=1S/C8H11BrN2O/c9-8-6(5-12)7-3-1-2-4-11(7)10-8/h12H,1-5H2. The van der Waals surface area contributed by atoms with E-state index < -0.39 is 0 Å². The van der Waals surface area contributed by atoms with Crippen LogP contribution in [0.5, 0.6) is 0 Å². The van der Waals surface area contributed by atoms with E-state index >= 15 is 0 Å². The van der Waals surface area contributed by atoms with E-state index in [2.05, 4.69) is 21.0 Å². The molecule has 2 heterocycles. The molecule has 1 aromatic rings. The van der Waals surface area contributed by atoms with Crippen molar-refractivity contribution in [1.29, 1.82) is 0 Å². The van der Waals surface area contributed by atoms with Crippen LogP contribution >= 0.6 is 15.9 Å². The molecule has 1 aromatic heterocycles. The van der Waals surface area contributed by atoms with E-state index in [4.69, 9.17) is 5.11 Å². The summed E-state index contributed by atoms with van der Waals surface area (Å²) in [6.07, 6.45) is 3.46. The lowest BCUT2D eigenvalue weighted by molar-refractivity contribution is 0.278. The molecule has 0 fully saturated rings. The first kappa shape index (κ1) is 8.26. The van der Waals surface area contributed by atoms with Crippen molar-refractivity contribution in [2.45, 2.75) is 32.4 Å². The summed E-state index contributed by atoms with van der Waals surface area (Å²) in [4.78, 5) is 0. The number of hydrogen-bond acceptors (Lipinski definition) is 2. The van der Waals surface area contributed by atoms with Gasteiger partial charge in [0.05, 0.1) is 6.61 Å². The van der Waals surface area contributed by atoms with Gasteiger partial charge in [-0.1, -0.05) is 0 Å². The largest absolute Gasteiger partial charge is 0.392 e. The minimum absolute atomic E-state index is 0.0932. The summed E-state index contributed by atoms with van der Waals surface area (Å²) in [7, 11) is 0. The number of aliphatic hydroxyl groups is 1. The van der Waals surface area contributed by atoms with Gasteiger partial charge in [0.2, 0.25) is 0 Å². The first-order valence-corrected chi connectivity index (χ1v) is 4.97. The molecule has 0 bridgehead atoms. The first-order valence-electron chi connectivity index (χ1n) is 4.18. The normalized spacial score (nSPS) is 16.2. The third-order valence-electron chi connectivity index (χ3n) is 2.31. The number of aromatic nitrogens is 2. The van der Waals surface area contributed by atoms with Crippen LogP contribution in [-0.4, -0.2) is 14.9 Å². The van der Waals surface area contributed by atoms with Crippen LogP contribution in [0, 0.1) is 0 Å². The lowest BCUT2D eigenvalue weighted by atomic mass is 10.1. The van der Waals surface area contributed by atoms with Gasteiger partial charge in [0.25, 0.3) is 0 Å². The predicted octanol–water partition coefficient (Wildman–Crippen LogP) is 1.47. The van der Waals surface area contributed by atoms with E-state index in [0.29, 0.717) is 0 Å². The van der Waals surface area contributed by atoms with Gasteiger partial charge in [0.15, 0.2) is 0 Å². The minimum Gasteiger partial charge on any atom is -0.392 e. The van der Waals surface area contributed by atoms with E-state index in [1.54, 1.807) is 0 Å². The molecule has 0 aliphatic carbocycles. The molecule has 0 atom stereocenters. The van der Waals surface area contributed by atoms with Crippen LogP contribution < -0.4 is 0 Å². The highest BCUT2D eigenvalue weighted by atomic mass is 79.9. The van der Waals surface area contributed by atoms with Gasteiger partial charge < -0.3 is 5.11 Å². The molecule has 12 heavy (non-hydrogen) atoms. The van der Waals surface area contributed by atoms with Gasteiger partial charge in [-0.3, -0.25) is 4.68 Å². The second-order valence-electron chi connectivity index (χ2n) is 3.05. The van der Waals surface area contributed by atoms with Crippen molar-refractivity contribution in [3.05, 3.63) is 15.9 Å². The highest BCUT2D eigenvalue weighted by molar-refractivity contribution is 9.10. The molecular formula is C8H11BrN2O. The fourth-order valence-corrected chi connectivity index (χ4v) is 2.22. The molecular weight excluding hydrogens is 220 g/mol. The van der Waals surface area contributed by atoms with Crippen LogP contribution in [0.25, 0.3) is 0 Å². The number of aliphatic hydroxyl groups excluding tert-OH is 1. The van der Waals surface area contributed by atoms with Crippen molar-refractivity contribution in [2.75, 3.05) is 0 Å². The van der Waals surface area contributed by atoms with E-state index in [1.807, 2.05) is 4.68 Å². The maximum Gasteiger partial charge on any atom is 0.133 e. The first-order chi connectivity index (χ1) is 5.83. The van der Waals surface area contributed by atoms with Gasteiger partial charge >= 0.3 is 0 Å². The van der Waals surface area contributed by atoms with Crippen LogP contribution in [-0.2, 0) is 19.6 Å². The third-order valence-corrected chi connectivity index (χ3v) is 2.95. The predicted molar refractivity (Wildman–Crippen MR) is 48.8 cm³/mol. The Kier molecular flexibility index (Phi) is 2.19. The van der Waals surface area contributed by atoms with Gasteiger partial charge in [-0.2, -0.15) is 5.10 Å². The van der Waals surface area contributed by atoms with Gasteiger partial charge in [-0.05, 0) is 35.2 Å². The maximum absolute atomic E-state index is 9.08. The van der Waals surface area contributed by atoms with Crippen molar-refractivity contribution < 1.29 is 5.11 Å². The Hall–Kier alpha value is -0.350. The molecule has 0 amide bonds. The molecule has 1 aliphatic heterocycles. The van der Waals surface area contributed by atoms with Crippen LogP contribution in [0.3, 0.4) is 0 Å². The molecule has 4 heteroatoms. The Morgan fingerprint density at radius 3 is 3.08 bits per heavy atom. The van der Waals surface area contributed by atoms with Crippen LogP contribution in [0.4, 0.5) is 0 Å². The van der Waals surface area contributed by atoms with E-state index in [0.717, 1.165) is 23.1 Å². The SMILES string of the molecule is OCc1c(Br)nn2c1CCCC2. The Labute approximate surface area is 79.5 Å². The summed E-state index contributed by atoms with van der Waals surface area (Å²) in [6, 6.07) is 0. The summed E-state index contributed by atoms with van der Waals surface area (Å²) < 4.78 is 2.81. The molecule has 0 aromatic carbocycles. The zero-order valence-electron chi connectivity index (χ0n) is 6.76. The van der Waals surface area contributed by atoms with Crippen molar-refractivity contribution in [3.8, 4) is 0 Å².